The number of rotatable bonds is 8. The summed E-state index contributed by atoms with van der Waals surface area (Å²) in [6.07, 6.45) is 0.176. The second-order valence-corrected chi connectivity index (χ2v) is 7.17. The smallest absolute Gasteiger partial charge is 0.311 e. The highest BCUT2D eigenvalue weighted by Gasteiger charge is 2.40. The van der Waals surface area contributed by atoms with Gasteiger partial charge in [0.15, 0.2) is 5.79 Å². The molecule has 0 aromatic carbocycles. The standard InChI is InChI=1S/C17H30O6/c1-7-12(18)14(13-11-22-17(5,6)23-13)20-9-8-10-21-15(19)16(2,3)4/h7,12-14,18H,1,8-11H2,2-6H3/t12-,13-,14-/m0/s1. The molecule has 1 rings (SSSR count). The molecule has 0 radical (unpaired) electrons. The van der Waals surface area contributed by atoms with E-state index in [0.29, 0.717) is 19.6 Å². The van der Waals surface area contributed by atoms with Gasteiger partial charge >= 0.3 is 5.97 Å². The summed E-state index contributed by atoms with van der Waals surface area (Å²) in [4.78, 5) is 11.6. The van der Waals surface area contributed by atoms with Crippen molar-refractivity contribution in [3.05, 3.63) is 12.7 Å². The van der Waals surface area contributed by atoms with Gasteiger partial charge in [0, 0.05) is 6.42 Å². The van der Waals surface area contributed by atoms with Crippen LogP contribution < -0.4 is 0 Å². The molecule has 23 heavy (non-hydrogen) atoms. The maximum absolute atomic E-state index is 11.6. The van der Waals surface area contributed by atoms with Crippen LogP contribution in [0.2, 0.25) is 0 Å². The minimum atomic E-state index is -0.852. The van der Waals surface area contributed by atoms with E-state index in [2.05, 4.69) is 6.58 Å². The van der Waals surface area contributed by atoms with Crippen molar-refractivity contribution < 1.29 is 28.8 Å². The minimum absolute atomic E-state index is 0.241. The molecular weight excluding hydrogens is 300 g/mol. The number of carbonyl (C=O) groups excluding carboxylic acids is 1. The summed E-state index contributed by atoms with van der Waals surface area (Å²) in [6.45, 7) is 13.6. The minimum Gasteiger partial charge on any atom is -0.465 e. The summed E-state index contributed by atoms with van der Waals surface area (Å²) in [5.74, 6) is -0.926. The predicted molar refractivity (Wildman–Crippen MR) is 85.9 cm³/mol. The summed E-state index contributed by atoms with van der Waals surface area (Å²) in [5.41, 5.74) is -0.511. The quantitative estimate of drug-likeness (QED) is 0.417. The molecule has 1 aliphatic heterocycles. The molecule has 1 saturated heterocycles. The fraction of sp³-hybridized carbons (Fsp3) is 0.824. The van der Waals surface area contributed by atoms with Crippen molar-refractivity contribution in [3.63, 3.8) is 0 Å². The van der Waals surface area contributed by atoms with Crippen LogP contribution in [0.3, 0.4) is 0 Å². The van der Waals surface area contributed by atoms with Crippen LogP contribution in [0, 0.1) is 5.41 Å². The monoisotopic (exact) mass is 330 g/mol. The number of carbonyl (C=O) groups is 1. The predicted octanol–water partition coefficient (Wildman–Crippen LogP) is 2.05. The SMILES string of the molecule is C=C[C@H](O)[C@H](OCCCOC(=O)C(C)(C)C)[C@@H]1COC(C)(C)O1. The van der Waals surface area contributed by atoms with Crippen molar-refractivity contribution in [1.29, 1.82) is 0 Å². The van der Waals surface area contributed by atoms with E-state index < -0.39 is 23.4 Å². The van der Waals surface area contributed by atoms with Crippen LogP contribution >= 0.6 is 0 Å². The fourth-order valence-electron chi connectivity index (χ4n) is 2.10. The molecule has 0 unspecified atom stereocenters. The third-order valence-electron chi connectivity index (χ3n) is 3.42. The molecular formula is C17H30O6. The Bertz CT molecular complexity index is 398. The fourth-order valence-corrected chi connectivity index (χ4v) is 2.10. The van der Waals surface area contributed by atoms with E-state index in [9.17, 15) is 9.90 Å². The Morgan fingerprint density at radius 1 is 1.43 bits per heavy atom. The molecule has 0 aromatic heterocycles. The van der Waals surface area contributed by atoms with Gasteiger partial charge in [-0.3, -0.25) is 4.79 Å². The molecule has 134 valence electrons. The molecule has 1 aliphatic rings. The van der Waals surface area contributed by atoms with Crippen LogP contribution in [0.5, 0.6) is 0 Å². The Labute approximate surface area is 138 Å². The molecule has 0 bridgehead atoms. The maximum Gasteiger partial charge on any atom is 0.311 e. The van der Waals surface area contributed by atoms with Crippen LogP contribution in [-0.2, 0) is 23.7 Å². The maximum atomic E-state index is 11.6. The lowest BCUT2D eigenvalue weighted by Crippen LogP contribution is -2.41. The highest BCUT2D eigenvalue weighted by molar-refractivity contribution is 5.75. The Morgan fingerprint density at radius 2 is 2.09 bits per heavy atom. The van der Waals surface area contributed by atoms with E-state index in [-0.39, 0.29) is 18.7 Å². The Hall–Kier alpha value is -0.950. The molecule has 0 amide bonds. The van der Waals surface area contributed by atoms with Crippen molar-refractivity contribution in [2.75, 3.05) is 19.8 Å². The van der Waals surface area contributed by atoms with Gasteiger partial charge in [-0.05, 0) is 34.6 Å². The second-order valence-electron chi connectivity index (χ2n) is 7.17. The third kappa shape index (κ3) is 6.59. The summed E-state index contributed by atoms with van der Waals surface area (Å²) in [5, 5.41) is 10.0. The van der Waals surface area contributed by atoms with E-state index in [1.165, 1.54) is 6.08 Å². The Morgan fingerprint density at radius 3 is 2.57 bits per heavy atom. The first-order chi connectivity index (χ1) is 10.6. The average Bonchev–Trinajstić information content (AvgIpc) is 2.80. The second kappa shape index (κ2) is 8.24. The molecule has 3 atom stereocenters. The van der Waals surface area contributed by atoms with E-state index in [1.807, 2.05) is 34.6 Å². The van der Waals surface area contributed by atoms with Crippen LogP contribution in [0.1, 0.15) is 41.0 Å². The van der Waals surface area contributed by atoms with Crippen LogP contribution in [0.15, 0.2) is 12.7 Å². The molecule has 6 heteroatoms. The number of aliphatic hydroxyl groups excluding tert-OH is 1. The molecule has 0 aliphatic carbocycles. The summed E-state index contributed by atoms with van der Waals surface area (Å²) in [6, 6.07) is 0. The van der Waals surface area contributed by atoms with E-state index >= 15 is 0 Å². The van der Waals surface area contributed by atoms with E-state index in [1.54, 1.807) is 0 Å². The lowest BCUT2D eigenvalue weighted by Gasteiger charge is -2.27. The number of hydrogen-bond donors (Lipinski definition) is 1. The Kier molecular flexibility index (Phi) is 7.20. The van der Waals surface area contributed by atoms with Gasteiger partial charge in [0.25, 0.3) is 0 Å². The van der Waals surface area contributed by atoms with Crippen LogP contribution in [0.25, 0.3) is 0 Å². The van der Waals surface area contributed by atoms with Gasteiger partial charge in [-0.1, -0.05) is 6.08 Å². The van der Waals surface area contributed by atoms with Crippen molar-refractivity contribution in [1.82, 2.24) is 0 Å². The van der Waals surface area contributed by atoms with Gasteiger partial charge in [-0.25, -0.2) is 0 Å². The zero-order valence-corrected chi connectivity index (χ0v) is 14.8. The molecule has 0 saturated carbocycles. The molecule has 6 nitrogen and oxygen atoms in total. The van der Waals surface area contributed by atoms with Crippen molar-refractivity contribution in [2.24, 2.45) is 5.41 Å². The average molecular weight is 330 g/mol. The number of aliphatic hydroxyl groups is 1. The van der Waals surface area contributed by atoms with Crippen molar-refractivity contribution >= 4 is 5.97 Å². The number of ether oxygens (including phenoxy) is 4. The molecule has 1 heterocycles. The van der Waals surface area contributed by atoms with Crippen LogP contribution in [0.4, 0.5) is 0 Å². The van der Waals surface area contributed by atoms with Gasteiger partial charge in [-0.15, -0.1) is 6.58 Å². The zero-order chi connectivity index (χ0) is 17.7. The number of hydrogen-bond acceptors (Lipinski definition) is 6. The van der Waals surface area contributed by atoms with Crippen molar-refractivity contribution in [3.8, 4) is 0 Å². The van der Waals surface area contributed by atoms with Crippen molar-refractivity contribution in [2.45, 2.75) is 65.1 Å². The van der Waals surface area contributed by atoms with E-state index in [4.69, 9.17) is 18.9 Å². The largest absolute Gasteiger partial charge is 0.465 e. The normalized spacial score (nSPS) is 23.3. The third-order valence-corrected chi connectivity index (χ3v) is 3.42. The highest BCUT2D eigenvalue weighted by Crippen LogP contribution is 2.27. The first-order valence-corrected chi connectivity index (χ1v) is 7.98. The zero-order valence-electron chi connectivity index (χ0n) is 14.8. The summed E-state index contributed by atoms with van der Waals surface area (Å²) < 4.78 is 22.1. The van der Waals surface area contributed by atoms with Gasteiger partial charge < -0.3 is 24.1 Å². The highest BCUT2D eigenvalue weighted by atomic mass is 16.7. The first kappa shape index (κ1) is 20.1. The topological polar surface area (TPSA) is 74.2 Å². The Balaban J connectivity index is 2.38. The summed E-state index contributed by atoms with van der Waals surface area (Å²) in [7, 11) is 0. The molecule has 1 N–H and O–H groups in total. The molecule has 1 fully saturated rings. The van der Waals surface area contributed by atoms with Gasteiger partial charge in [0.2, 0.25) is 0 Å². The molecule has 0 aromatic rings. The van der Waals surface area contributed by atoms with Gasteiger partial charge in [0.05, 0.1) is 25.2 Å². The lowest BCUT2D eigenvalue weighted by atomic mass is 9.97. The summed E-state index contributed by atoms with van der Waals surface area (Å²) >= 11 is 0. The first-order valence-electron chi connectivity index (χ1n) is 7.98. The van der Waals surface area contributed by atoms with Crippen LogP contribution in [-0.4, -0.2) is 55.0 Å². The van der Waals surface area contributed by atoms with E-state index in [0.717, 1.165) is 0 Å². The number of esters is 1. The van der Waals surface area contributed by atoms with Gasteiger partial charge in [0.1, 0.15) is 18.3 Å². The molecule has 0 spiro atoms. The van der Waals surface area contributed by atoms with Gasteiger partial charge in [-0.2, -0.15) is 0 Å². The lowest BCUT2D eigenvalue weighted by molar-refractivity contribution is -0.167.